The maximum atomic E-state index is 3.61. The summed E-state index contributed by atoms with van der Waals surface area (Å²) in [6.45, 7) is 1.89. The average Bonchev–Trinajstić information content (AvgIpc) is 1.37. The van der Waals surface area contributed by atoms with Gasteiger partial charge in [-0.15, -0.1) is 0 Å². The lowest BCUT2D eigenvalue weighted by Crippen LogP contribution is -1.51. The van der Waals surface area contributed by atoms with Gasteiger partial charge in [-0.25, -0.2) is 0 Å². The molecular weight excluding hydrogens is 48.8 g/mol. The molecule has 0 amide bonds. The zero-order chi connectivity index (χ0) is 3.41. The molecule has 0 bridgehead atoms. The van der Waals surface area contributed by atoms with Crippen LogP contribution < -0.4 is 0 Å². The average molecular weight is 54.9 g/mol. The Labute approximate surface area is 27.2 Å². The van der Waals surface area contributed by atoms with Gasteiger partial charge in [0.25, 0.3) is 0 Å². The van der Waals surface area contributed by atoms with Crippen molar-refractivity contribution in [1.82, 2.24) is 0 Å². The highest BCUT2D eigenvalue weighted by molar-refractivity contribution is 6.08. The molecule has 0 spiro atoms. The second kappa shape index (κ2) is 2.73. The summed E-state index contributed by atoms with van der Waals surface area (Å²) < 4.78 is 0. The Balaban J connectivity index is 2.55. The topological polar surface area (TPSA) is 12.4 Å². The summed E-state index contributed by atoms with van der Waals surface area (Å²) in [7, 11) is 1.75. The smallest absolute Gasteiger partial charge is 0.243 e. The van der Waals surface area contributed by atoms with Gasteiger partial charge in [-0.05, 0) is 13.1 Å². The van der Waals surface area contributed by atoms with Crippen LogP contribution in [-0.4, -0.2) is 14.2 Å². The second-order valence-electron chi connectivity index (χ2n) is 0.516. The lowest BCUT2D eigenvalue weighted by molar-refractivity contribution is 1.86. The van der Waals surface area contributed by atoms with Crippen LogP contribution in [0.5, 0.6) is 0 Å². The summed E-state index contributed by atoms with van der Waals surface area (Å²) in [6.07, 6.45) is 1.75. The summed E-state index contributed by atoms with van der Waals surface area (Å²) in [5, 5.41) is 0. The molecule has 0 fully saturated rings. The number of hydrogen-bond donors (Lipinski definition) is 0. The van der Waals surface area contributed by atoms with Crippen molar-refractivity contribution in [3.8, 4) is 0 Å². The van der Waals surface area contributed by atoms with Crippen molar-refractivity contribution in [3.63, 3.8) is 0 Å². The molecule has 4 heavy (non-hydrogen) atoms. The van der Waals surface area contributed by atoms with Crippen LogP contribution in [-0.2, 0) is 0 Å². The molecule has 0 aromatic carbocycles. The Morgan fingerprint density at radius 2 is 2.25 bits per heavy atom. The zero-order valence-electron chi connectivity index (χ0n) is 3.02. The molecule has 0 N–H and O–H groups in total. The monoisotopic (exact) mass is 55.1 g/mol. The maximum absolute atomic E-state index is 3.61. The highest BCUT2D eigenvalue weighted by Gasteiger charge is 1.34. The normalized spacial score (nSPS) is 9.25. The fourth-order valence-electron chi connectivity index (χ4n) is 0. The van der Waals surface area contributed by atoms with Gasteiger partial charge in [-0.3, -0.25) is 0 Å². The third-order valence-corrected chi connectivity index (χ3v) is 0.258. The van der Waals surface area contributed by atoms with Crippen LogP contribution in [0.15, 0.2) is 4.90 Å². The molecule has 1 nitrogen and oxygen atoms in total. The molecule has 0 heterocycles. The van der Waals surface area contributed by atoms with Crippen LogP contribution in [0, 0.1) is 0 Å². The summed E-state index contributed by atoms with van der Waals surface area (Å²) in [4.78, 5) is 3.61. The Kier molecular flexibility index (Phi) is 2.55. The quantitative estimate of drug-likeness (QED) is 0.264. The van der Waals surface area contributed by atoms with Gasteiger partial charge in [0, 0.05) is 0 Å². The number of hydrogen-bond acceptors (Lipinski definition) is 1. The summed E-state index contributed by atoms with van der Waals surface area (Å²) >= 11 is 0. The molecule has 0 aromatic heterocycles. The van der Waals surface area contributed by atoms with Gasteiger partial charge in [0.15, 0.2) is 0 Å². The van der Waals surface area contributed by atoms with Gasteiger partial charge in [0.1, 0.15) is 0 Å². The first-order chi connectivity index (χ1) is 1.91. The van der Waals surface area contributed by atoms with Crippen molar-refractivity contribution >= 4 is 14.2 Å². The largest absolute Gasteiger partial charge is 0.363 e. The van der Waals surface area contributed by atoms with E-state index in [9.17, 15) is 0 Å². The van der Waals surface area contributed by atoms with Crippen molar-refractivity contribution in [2.24, 2.45) is 4.90 Å². The SMILES string of the molecule is B/N=C/C. The van der Waals surface area contributed by atoms with Crippen molar-refractivity contribution in [2.45, 2.75) is 6.92 Å². The highest BCUT2D eigenvalue weighted by Crippen LogP contribution is 1.37. The Morgan fingerprint density at radius 3 is 2.25 bits per heavy atom. The van der Waals surface area contributed by atoms with Crippen molar-refractivity contribution in [2.75, 3.05) is 0 Å². The van der Waals surface area contributed by atoms with Crippen molar-refractivity contribution < 1.29 is 0 Å². The molecule has 0 unspecified atom stereocenters. The number of rotatable bonds is 0. The van der Waals surface area contributed by atoms with E-state index >= 15 is 0 Å². The van der Waals surface area contributed by atoms with Crippen LogP contribution in [0.1, 0.15) is 6.92 Å². The molecule has 0 aliphatic rings. The minimum Gasteiger partial charge on any atom is -0.363 e. The Hall–Kier alpha value is -0.265. The van der Waals surface area contributed by atoms with Crippen LogP contribution in [0.25, 0.3) is 0 Å². The summed E-state index contributed by atoms with van der Waals surface area (Å²) in [5.74, 6) is 0. The molecular formula is C2H6BN. The number of nitrogens with zero attached hydrogens (tertiary/aromatic N) is 1. The van der Waals surface area contributed by atoms with Crippen LogP contribution >= 0.6 is 0 Å². The third-order valence-electron chi connectivity index (χ3n) is 0.258. The van der Waals surface area contributed by atoms with Crippen LogP contribution in [0.4, 0.5) is 0 Å². The van der Waals surface area contributed by atoms with Gasteiger partial charge >= 0.3 is 0 Å². The third kappa shape index (κ3) is 1.73. The predicted molar refractivity (Wildman–Crippen MR) is 22.7 cm³/mol. The standard InChI is InChI=1S/C2H6BN/c1-2-4-3/h2H,3H2,1H3/b4-2+. The summed E-state index contributed by atoms with van der Waals surface area (Å²) in [5.41, 5.74) is 0. The second-order valence-corrected chi connectivity index (χ2v) is 0.516. The minimum absolute atomic E-state index is 1.75. The Bertz CT molecular complexity index is 21.2. The van der Waals surface area contributed by atoms with E-state index in [4.69, 9.17) is 0 Å². The van der Waals surface area contributed by atoms with Gasteiger partial charge in [0.2, 0.25) is 7.98 Å². The molecule has 22 valence electrons. The lowest BCUT2D eigenvalue weighted by Gasteiger charge is -1.53. The van der Waals surface area contributed by atoms with E-state index < -0.39 is 0 Å². The molecule has 0 atom stereocenters. The summed E-state index contributed by atoms with van der Waals surface area (Å²) in [6, 6.07) is 0. The van der Waals surface area contributed by atoms with Crippen molar-refractivity contribution in [3.05, 3.63) is 0 Å². The van der Waals surface area contributed by atoms with E-state index in [2.05, 4.69) is 4.90 Å². The molecule has 0 radical (unpaired) electrons. The molecule has 0 saturated heterocycles. The lowest BCUT2D eigenvalue weighted by atomic mass is 10.5. The molecule has 2 heteroatoms. The molecule has 0 aliphatic heterocycles. The molecule has 0 aliphatic carbocycles. The van der Waals surface area contributed by atoms with E-state index in [-0.39, 0.29) is 0 Å². The molecule has 0 rings (SSSR count). The van der Waals surface area contributed by atoms with Crippen LogP contribution in [0.3, 0.4) is 0 Å². The van der Waals surface area contributed by atoms with E-state index in [0.29, 0.717) is 0 Å². The van der Waals surface area contributed by atoms with Crippen LogP contribution in [0.2, 0.25) is 0 Å². The zero-order valence-corrected chi connectivity index (χ0v) is 3.02. The van der Waals surface area contributed by atoms with E-state index in [1.165, 1.54) is 0 Å². The van der Waals surface area contributed by atoms with Gasteiger partial charge in [-0.2, -0.15) is 0 Å². The highest BCUT2D eigenvalue weighted by atomic mass is 14.5. The predicted octanol–water partition coefficient (Wildman–Crippen LogP) is -0.375. The maximum Gasteiger partial charge on any atom is 0.243 e. The van der Waals surface area contributed by atoms with Gasteiger partial charge in [-0.1, -0.05) is 0 Å². The Morgan fingerprint density at radius 1 is 2.00 bits per heavy atom. The fourth-order valence-corrected chi connectivity index (χ4v) is 0. The molecule has 0 aromatic rings. The first kappa shape index (κ1) is 3.73. The first-order valence-electron chi connectivity index (χ1n) is 1.28. The fraction of sp³-hybridized carbons (Fsp3) is 0.500. The van der Waals surface area contributed by atoms with Crippen molar-refractivity contribution in [1.29, 1.82) is 0 Å². The van der Waals surface area contributed by atoms with Gasteiger partial charge < -0.3 is 4.90 Å². The van der Waals surface area contributed by atoms with E-state index in [1.807, 2.05) is 6.92 Å². The van der Waals surface area contributed by atoms with Gasteiger partial charge in [0.05, 0.1) is 0 Å². The molecule has 0 saturated carbocycles. The first-order valence-corrected chi connectivity index (χ1v) is 1.28. The van der Waals surface area contributed by atoms with E-state index in [0.717, 1.165) is 0 Å². The van der Waals surface area contributed by atoms with E-state index in [1.54, 1.807) is 14.2 Å². The minimum atomic E-state index is 1.75.